The Morgan fingerprint density at radius 1 is 0.923 bits per heavy atom. The van der Waals surface area contributed by atoms with Crippen molar-refractivity contribution in [2.75, 3.05) is 11.5 Å². The van der Waals surface area contributed by atoms with Gasteiger partial charge in [0.15, 0.2) is 0 Å². The normalized spacial score (nSPS) is 14.5. The van der Waals surface area contributed by atoms with Crippen molar-refractivity contribution in [2.24, 2.45) is 0 Å². The van der Waals surface area contributed by atoms with Crippen LogP contribution in [0.5, 0.6) is 0 Å². The van der Waals surface area contributed by atoms with Crippen molar-refractivity contribution in [1.82, 2.24) is 0 Å². The molecule has 0 aliphatic carbocycles. The van der Waals surface area contributed by atoms with E-state index in [1.54, 1.807) is 0 Å². The van der Waals surface area contributed by atoms with Gasteiger partial charge in [0.1, 0.15) is 11.5 Å². The lowest BCUT2D eigenvalue weighted by Gasteiger charge is -2.11. The average molecular weight is 240 g/mol. The largest absolute Gasteiger partial charge is 0.285 e. The third kappa shape index (κ3) is 8.02. The number of rotatable bonds is 4. The second-order valence-electron chi connectivity index (χ2n) is 2.31. The summed E-state index contributed by atoms with van der Waals surface area (Å²) in [6, 6.07) is 0. The minimum atomic E-state index is -4.98. The first kappa shape index (κ1) is 12.7. The van der Waals surface area contributed by atoms with Crippen LogP contribution in [0.4, 0.5) is 8.78 Å². The molecule has 0 saturated heterocycles. The standard InChI is InChI=1S/C3H6F2O6S2/c4-3(5,1-12(6,7)8)2-13(9,10)11/h1-2H2,(H,6,7,8)(H,9,10,11). The summed E-state index contributed by atoms with van der Waals surface area (Å²) in [5, 5.41) is 0. The zero-order chi connectivity index (χ0) is 10.9. The van der Waals surface area contributed by atoms with Crippen LogP contribution in [0.15, 0.2) is 0 Å². The first-order valence-corrected chi connectivity index (χ1v) is 5.91. The predicted octanol–water partition coefficient (Wildman–Crippen LogP) is -0.603. The van der Waals surface area contributed by atoms with Crippen molar-refractivity contribution in [2.45, 2.75) is 5.92 Å². The predicted molar refractivity (Wildman–Crippen MR) is 37.8 cm³/mol. The van der Waals surface area contributed by atoms with Crippen molar-refractivity contribution >= 4 is 20.2 Å². The summed E-state index contributed by atoms with van der Waals surface area (Å²) in [4.78, 5) is 0. The molecule has 0 aromatic carbocycles. The van der Waals surface area contributed by atoms with Crippen molar-refractivity contribution in [3.05, 3.63) is 0 Å². The molecule has 0 amide bonds. The second kappa shape index (κ2) is 3.44. The molecule has 0 radical (unpaired) electrons. The molecule has 0 heterocycles. The summed E-state index contributed by atoms with van der Waals surface area (Å²) in [6.07, 6.45) is 0. The molecule has 0 fully saturated rings. The Kier molecular flexibility index (Phi) is 3.36. The van der Waals surface area contributed by atoms with Gasteiger partial charge in [-0.05, 0) is 0 Å². The Hall–Kier alpha value is -0.320. The van der Waals surface area contributed by atoms with E-state index in [2.05, 4.69) is 0 Å². The maximum atomic E-state index is 12.3. The third-order valence-electron chi connectivity index (χ3n) is 0.787. The molecule has 0 aliphatic heterocycles. The molecule has 0 aromatic rings. The molecule has 2 N–H and O–H groups in total. The zero-order valence-electron chi connectivity index (χ0n) is 6.01. The fraction of sp³-hybridized carbons (Fsp3) is 1.00. The molecule has 0 saturated carbocycles. The van der Waals surface area contributed by atoms with Crippen LogP contribution in [0, 0.1) is 0 Å². The highest BCUT2D eigenvalue weighted by Crippen LogP contribution is 2.17. The SMILES string of the molecule is O=S(=O)(O)CC(F)(F)CS(=O)(=O)O. The summed E-state index contributed by atoms with van der Waals surface area (Å²) in [6.45, 7) is 0. The van der Waals surface area contributed by atoms with E-state index in [1.165, 1.54) is 0 Å². The van der Waals surface area contributed by atoms with Gasteiger partial charge in [0.25, 0.3) is 26.2 Å². The van der Waals surface area contributed by atoms with E-state index in [0.29, 0.717) is 0 Å². The summed E-state index contributed by atoms with van der Waals surface area (Å²) < 4.78 is 80.3. The van der Waals surface area contributed by atoms with E-state index in [0.717, 1.165) is 0 Å². The highest BCUT2D eigenvalue weighted by atomic mass is 32.2. The maximum absolute atomic E-state index is 12.3. The Bertz CT molecular complexity index is 331. The first-order chi connectivity index (χ1) is 5.41. The molecule has 0 bridgehead atoms. The van der Waals surface area contributed by atoms with E-state index in [9.17, 15) is 25.6 Å². The van der Waals surface area contributed by atoms with E-state index < -0.39 is 37.7 Å². The third-order valence-corrected chi connectivity index (χ3v) is 2.36. The first-order valence-electron chi connectivity index (χ1n) is 2.69. The molecule has 0 atom stereocenters. The fourth-order valence-corrected chi connectivity index (χ4v) is 1.98. The van der Waals surface area contributed by atoms with Gasteiger partial charge < -0.3 is 0 Å². The number of alkyl halides is 2. The van der Waals surface area contributed by atoms with Gasteiger partial charge in [-0.3, -0.25) is 9.11 Å². The monoisotopic (exact) mass is 240 g/mol. The van der Waals surface area contributed by atoms with Crippen LogP contribution < -0.4 is 0 Å². The fourth-order valence-electron chi connectivity index (χ4n) is 0.575. The topological polar surface area (TPSA) is 109 Å². The Morgan fingerprint density at radius 3 is 1.31 bits per heavy atom. The quantitative estimate of drug-likeness (QED) is 0.635. The molecule has 6 nitrogen and oxygen atoms in total. The van der Waals surface area contributed by atoms with E-state index in [1.807, 2.05) is 0 Å². The number of hydrogen-bond donors (Lipinski definition) is 2. The van der Waals surface area contributed by atoms with Crippen molar-refractivity contribution in [3.8, 4) is 0 Å². The highest BCUT2D eigenvalue weighted by Gasteiger charge is 2.39. The highest BCUT2D eigenvalue weighted by molar-refractivity contribution is 7.86. The lowest BCUT2D eigenvalue weighted by atomic mass is 10.5. The van der Waals surface area contributed by atoms with Gasteiger partial charge in [-0.15, -0.1) is 0 Å². The van der Waals surface area contributed by atoms with Crippen molar-refractivity contribution < 1.29 is 34.7 Å². The maximum Gasteiger partial charge on any atom is 0.280 e. The minimum Gasteiger partial charge on any atom is -0.285 e. The Balaban J connectivity index is 4.62. The molecule has 0 unspecified atom stereocenters. The van der Waals surface area contributed by atoms with E-state index in [-0.39, 0.29) is 0 Å². The minimum absolute atomic E-state index is 2.04. The molecule has 10 heteroatoms. The van der Waals surface area contributed by atoms with Crippen LogP contribution in [-0.4, -0.2) is 43.4 Å². The lowest BCUT2D eigenvalue weighted by Crippen LogP contribution is -2.35. The Morgan fingerprint density at radius 2 is 1.15 bits per heavy atom. The molecule has 13 heavy (non-hydrogen) atoms. The van der Waals surface area contributed by atoms with Crippen LogP contribution in [0.25, 0.3) is 0 Å². The smallest absolute Gasteiger partial charge is 0.280 e. The van der Waals surface area contributed by atoms with Crippen LogP contribution in [0.3, 0.4) is 0 Å². The zero-order valence-corrected chi connectivity index (χ0v) is 7.65. The van der Waals surface area contributed by atoms with Crippen LogP contribution in [-0.2, 0) is 20.2 Å². The van der Waals surface area contributed by atoms with E-state index in [4.69, 9.17) is 9.11 Å². The van der Waals surface area contributed by atoms with Crippen LogP contribution in [0.2, 0.25) is 0 Å². The molecule has 80 valence electrons. The second-order valence-corrected chi connectivity index (χ2v) is 5.21. The average Bonchev–Trinajstić information content (AvgIpc) is 1.43. The van der Waals surface area contributed by atoms with Gasteiger partial charge in [0, 0.05) is 0 Å². The van der Waals surface area contributed by atoms with Gasteiger partial charge in [-0.2, -0.15) is 16.8 Å². The summed E-state index contributed by atoms with van der Waals surface area (Å²) >= 11 is 0. The van der Waals surface area contributed by atoms with Crippen LogP contribution in [0.1, 0.15) is 0 Å². The number of halogens is 2. The van der Waals surface area contributed by atoms with Gasteiger partial charge in [0.05, 0.1) is 0 Å². The molecule has 0 spiro atoms. The summed E-state index contributed by atoms with van der Waals surface area (Å²) in [5.74, 6) is -8.29. The van der Waals surface area contributed by atoms with Crippen LogP contribution >= 0.6 is 0 Å². The molecule has 0 aromatic heterocycles. The van der Waals surface area contributed by atoms with Crippen molar-refractivity contribution in [3.63, 3.8) is 0 Å². The van der Waals surface area contributed by atoms with E-state index >= 15 is 0 Å². The number of hydrogen-bond acceptors (Lipinski definition) is 4. The molecule has 0 rings (SSSR count). The lowest BCUT2D eigenvalue weighted by molar-refractivity contribution is 0.0479. The van der Waals surface area contributed by atoms with Gasteiger partial charge in [-0.25, -0.2) is 8.78 Å². The molecule has 0 aliphatic rings. The molecular formula is C3H6F2O6S2. The van der Waals surface area contributed by atoms with Gasteiger partial charge in [-0.1, -0.05) is 0 Å². The van der Waals surface area contributed by atoms with Gasteiger partial charge >= 0.3 is 0 Å². The van der Waals surface area contributed by atoms with Gasteiger partial charge in [0.2, 0.25) is 0 Å². The van der Waals surface area contributed by atoms with Crippen molar-refractivity contribution in [1.29, 1.82) is 0 Å². The molecular weight excluding hydrogens is 234 g/mol. The summed E-state index contributed by atoms with van der Waals surface area (Å²) in [5.41, 5.74) is 0. The Labute approximate surface area is 73.1 Å². The summed E-state index contributed by atoms with van der Waals surface area (Å²) in [7, 11) is -9.96.